The summed E-state index contributed by atoms with van der Waals surface area (Å²) in [7, 11) is 0. The van der Waals surface area contributed by atoms with Gasteiger partial charge in [-0.15, -0.1) is 0 Å². The average Bonchev–Trinajstić information content (AvgIpc) is 3.06. The van der Waals surface area contributed by atoms with E-state index in [0.29, 0.717) is 10.6 Å². The number of aromatic nitrogens is 1. The van der Waals surface area contributed by atoms with Crippen molar-refractivity contribution in [2.45, 2.75) is 45.1 Å². The van der Waals surface area contributed by atoms with Gasteiger partial charge in [0.15, 0.2) is 0 Å². The van der Waals surface area contributed by atoms with Crippen LogP contribution < -0.4 is 5.32 Å². The summed E-state index contributed by atoms with van der Waals surface area (Å²) in [6.45, 7) is 6.01. The normalized spacial score (nSPS) is 12.6. The van der Waals surface area contributed by atoms with Crippen molar-refractivity contribution in [1.82, 2.24) is 4.98 Å². The number of nitriles is 1. The molecule has 4 nitrogen and oxygen atoms in total. The Morgan fingerprint density at radius 3 is 2.84 bits per heavy atom. The van der Waals surface area contributed by atoms with Gasteiger partial charge in [-0.2, -0.15) is 5.26 Å². The van der Waals surface area contributed by atoms with E-state index in [0.717, 1.165) is 47.3 Å². The zero-order valence-corrected chi connectivity index (χ0v) is 15.6. The Kier molecular flexibility index (Phi) is 5.10. The van der Waals surface area contributed by atoms with Crippen LogP contribution in [-0.4, -0.2) is 16.6 Å². The number of thioether (sulfide) groups is 1. The highest BCUT2D eigenvalue weighted by Crippen LogP contribution is 2.31. The number of hydrogen-bond donors (Lipinski definition) is 1. The Morgan fingerprint density at radius 1 is 1.28 bits per heavy atom. The summed E-state index contributed by atoms with van der Waals surface area (Å²) < 4.78 is 0. The smallest absolute Gasteiger partial charge is 0.234 e. The highest BCUT2D eigenvalue weighted by molar-refractivity contribution is 8.00. The molecular formula is C20H21N3OS. The second-order valence-electron chi connectivity index (χ2n) is 6.39. The first-order valence-electron chi connectivity index (χ1n) is 8.42. The van der Waals surface area contributed by atoms with Gasteiger partial charge in [0.2, 0.25) is 5.91 Å². The zero-order chi connectivity index (χ0) is 18.0. The highest BCUT2D eigenvalue weighted by Gasteiger charge is 2.21. The van der Waals surface area contributed by atoms with Crippen LogP contribution in [0.3, 0.4) is 0 Å². The summed E-state index contributed by atoms with van der Waals surface area (Å²) in [6, 6.07) is 8.13. The Labute approximate surface area is 152 Å². The molecule has 0 spiro atoms. The predicted molar refractivity (Wildman–Crippen MR) is 101 cm³/mol. The molecule has 0 unspecified atom stereocenters. The number of nitrogens with zero attached hydrogens (tertiary/aromatic N) is 2. The van der Waals surface area contributed by atoms with Gasteiger partial charge in [-0.1, -0.05) is 23.9 Å². The summed E-state index contributed by atoms with van der Waals surface area (Å²) >= 11 is 1.34. The second-order valence-corrected chi connectivity index (χ2v) is 7.36. The lowest BCUT2D eigenvalue weighted by molar-refractivity contribution is -0.113. The third kappa shape index (κ3) is 3.54. The Balaban J connectivity index is 1.74. The molecule has 5 heteroatoms. The van der Waals surface area contributed by atoms with E-state index in [2.05, 4.69) is 16.4 Å². The van der Waals surface area contributed by atoms with Crippen molar-refractivity contribution in [2.24, 2.45) is 0 Å². The first-order chi connectivity index (χ1) is 12.0. The third-order valence-corrected chi connectivity index (χ3v) is 5.77. The van der Waals surface area contributed by atoms with Crippen molar-refractivity contribution in [1.29, 1.82) is 5.26 Å². The Morgan fingerprint density at radius 2 is 2.08 bits per heavy atom. The van der Waals surface area contributed by atoms with Crippen LogP contribution >= 0.6 is 11.8 Å². The van der Waals surface area contributed by atoms with E-state index in [1.807, 2.05) is 39.0 Å². The summed E-state index contributed by atoms with van der Waals surface area (Å²) in [5.41, 5.74) is 7.02. The van der Waals surface area contributed by atoms with Gasteiger partial charge in [0.05, 0.1) is 11.3 Å². The molecule has 25 heavy (non-hydrogen) atoms. The van der Waals surface area contributed by atoms with Crippen molar-refractivity contribution in [2.75, 3.05) is 11.1 Å². The van der Waals surface area contributed by atoms with Crippen LogP contribution in [0.25, 0.3) is 0 Å². The topological polar surface area (TPSA) is 65.8 Å². The Hall–Kier alpha value is -2.32. The van der Waals surface area contributed by atoms with Crippen molar-refractivity contribution in [3.05, 3.63) is 51.7 Å². The fourth-order valence-electron chi connectivity index (χ4n) is 3.19. The number of fused-ring (bicyclic) bond motifs is 1. The lowest BCUT2D eigenvalue weighted by Gasteiger charge is -2.12. The van der Waals surface area contributed by atoms with Gasteiger partial charge in [-0.05, 0) is 68.4 Å². The molecule has 128 valence electrons. The zero-order valence-electron chi connectivity index (χ0n) is 14.8. The molecule has 1 aliphatic carbocycles. The molecule has 0 bridgehead atoms. The number of carbonyl (C=O) groups excluding carboxylic acids is 1. The Bertz CT molecular complexity index is 883. The molecule has 1 amide bonds. The largest absolute Gasteiger partial charge is 0.325 e. The minimum absolute atomic E-state index is 0.0810. The third-order valence-electron chi connectivity index (χ3n) is 4.80. The van der Waals surface area contributed by atoms with Crippen LogP contribution in [0, 0.1) is 32.1 Å². The van der Waals surface area contributed by atoms with Crippen LogP contribution in [0.2, 0.25) is 0 Å². The van der Waals surface area contributed by atoms with E-state index >= 15 is 0 Å². The molecule has 2 aromatic rings. The number of nitrogens with one attached hydrogen (secondary N) is 1. The SMILES string of the molecule is Cc1cccc(NC(=O)CSc2nc3c(c(C)c2C#N)CCC3)c1C. The molecule has 1 aromatic heterocycles. The van der Waals surface area contributed by atoms with Gasteiger partial charge in [0.1, 0.15) is 11.1 Å². The van der Waals surface area contributed by atoms with E-state index in [1.165, 1.54) is 17.3 Å². The molecule has 0 fully saturated rings. The maximum atomic E-state index is 12.3. The number of rotatable bonds is 4. The first kappa shape index (κ1) is 17.5. The lowest BCUT2D eigenvalue weighted by atomic mass is 10.0. The molecule has 0 atom stereocenters. The van der Waals surface area contributed by atoms with E-state index < -0.39 is 0 Å². The minimum Gasteiger partial charge on any atom is -0.325 e. The molecule has 0 saturated carbocycles. The van der Waals surface area contributed by atoms with Crippen molar-refractivity contribution in [3.63, 3.8) is 0 Å². The molecule has 0 saturated heterocycles. The number of anilines is 1. The van der Waals surface area contributed by atoms with Gasteiger partial charge >= 0.3 is 0 Å². The number of amides is 1. The molecule has 0 radical (unpaired) electrons. The summed E-state index contributed by atoms with van der Waals surface area (Å²) in [4.78, 5) is 17.0. The monoisotopic (exact) mass is 351 g/mol. The van der Waals surface area contributed by atoms with Crippen molar-refractivity contribution in [3.8, 4) is 6.07 Å². The fourth-order valence-corrected chi connectivity index (χ4v) is 4.05. The minimum atomic E-state index is -0.0810. The van der Waals surface area contributed by atoms with E-state index in [4.69, 9.17) is 0 Å². The maximum Gasteiger partial charge on any atom is 0.234 e. The fraction of sp³-hybridized carbons (Fsp3) is 0.350. The van der Waals surface area contributed by atoms with Crippen LogP contribution in [0.4, 0.5) is 5.69 Å². The van der Waals surface area contributed by atoms with Crippen molar-refractivity contribution >= 4 is 23.4 Å². The molecule has 1 heterocycles. The number of pyridine rings is 1. The summed E-state index contributed by atoms with van der Waals surface area (Å²) in [6.07, 6.45) is 3.06. The lowest BCUT2D eigenvalue weighted by Crippen LogP contribution is -2.15. The summed E-state index contributed by atoms with van der Waals surface area (Å²) in [5, 5.41) is 13.1. The van der Waals surface area contributed by atoms with Gasteiger partial charge in [-0.3, -0.25) is 4.79 Å². The van der Waals surface area contributed by atoms with Gasteiger partial charge < -0.3 is 5.32 Å². The average molecular weight is 351 g/mol. The number of carbonyl (C=O) groups is 1. The molecule has 1 aliphatic rings. The van der Waals surface area contributed by atoms with Crippen molar-refractivity contribution < 1.29 is 4.79 Å². The number of benzene rings is 1. The predicted octanol–water partition coefficient (Wildman–Crippen LogP) is 4.10. The molecule has 1 N–H and O–H groups in total. The van der Waals surface area contributed by atoms with Crippen LogP contribution in [0.15, 0.2) is 23.2 Å². The van der Waals surface area contributed by atoms with Crippen LogP contribution in [-0.2, 0) is 17.6 Å². The molecule has 3 rings (SSSR count). The molecular weight excluding hydrogens is 330 g/mol. The van der Waals surface area contributed by atoms with Gasteiger partial charge in [0.25, 0.3) is 0 Å². The second kappa shape index (κ2) is 7.28. The standard InChI is InChI=1S/C20H21N3OS/c1-12-6-4-8-17(13(12)2)22-19(24)11-25-20-16(10-21)14(3)15-7-5-9-18(15)23-20/h4,6,8H,5,7,9,11H2,1-3H3,(H,22,24). The van der Waals surface area contributed by atoms with E-state index in [-0.39, 0.29) is 11.7 Å². The quantitative estimate of drug-likeness (QED) is 0.842. The van der Waals surface area contributed by atoms with Gasteiger partial charge in [-0.25, -0.2) is 4.98 Å². The number of hydrogen-bond acceptors (Lipinski definition) is 4. The summed E-state index contributed by atoms with van der Waals surface area (Å²) in [5.74, 6) is 0.162. The molecule has 0 aliphatic heterocycles. The van der Waals surface area contributed by atoms with Crippen LogP contribution in [0.5, 0.6) is 0 Å². The molecule has 1 aromatic carbocycles. The number of aryl methyl sites for hydroxylation is 2. The van der Waals surface area contributed by atoms with Gasteiger partial charge in [0, 0.05) is 11.4 Å². The van der Waals surface area contributed by atoms with E-state index in [1.54, 1.807) is 0 Å². The van der Waals surface area contributed by atoms with Crippen LogP contribution in [0.1, 0.15) is 39.9 Å². The highest BCUT2D eigenvalue weighted by atomic mass is 32.2. The van der Waals surface area contributed by atoms with E-state index in [9.17, 15) is 10.1 Å². The first-order valence-corrected chi connectivity index (χ1v) is 9.41. The maximum absolute atomic E-state index is 12.3.